The van der Waals surface area contributed by atoms with E-state index in [9.17, 15) is 0 Å². The molecule has 2 aliphatic carbocycles. The molecule has 9 atom stereocenters. The van der Waals surface area contributed by atoms with Crippen molar-refractivity contribution in [1.82, 2.24) is 41.0 Å². The third-order valence-corrected chi connectivity index (χ3v) is 16.3. The van der Waals surface area contributed by atoms with Gasteiger partial charge >= 0.3 is 0 Å². The molecule has 60 heavy (non-hydrogen) atoms. The van der Waals surface area contributed by atoms with E-state index in [0.717, 1.165) is 84.5 Å². The molecule has 0 saturated carbocycles. The number of benzene rings is 2. The molecular formula is C50H64N10. The van der Waals surface area contributed by atoms with Gasteiger partial charge in [-0.3, -0.25) is 19.8 Å². The summed E-state index contributed by atoms with van der Waals surface area (Å²) in [6, 6.07) is 25.3. The molecule has 1 unspecified atom stereocenters. The lowest BCUT2D eigenvalue weighted by atomic mass is 9.77. The lowest BCUT2D eigenvalue weighted by Gasteiger charge is -2.40. The highest BCUT2D eigenvalue weighted by atomic mass is 15.3. The van der Waals surface area contributed by atoms with Gasteiger partial charge in [0.05, 0.1) is 23.5 Å². The smallest absolute Gasteiger partial charge is 0.0613 e. The first-order valence-electron chi connectivity index (χ1n) is 23.5. The van der Waals surface area contributed by atoms with Gasteiger partial charge in [0.25, 0.3) is 0 Å². The van der Waals surface area contributed by atoms with E-state index in [1.165, 1.54) is 76.3 Å². The first kappa shape index (κ1) is 37.8. The number of piperazine rings is 2. The highest BCUT2D eigenvalue weighted by molar-refractivity contribution is 5.64. The molecule has 4 bridgehead atoms. The van der Waals surface area contributed by atoms with Gasteiger partial charge in [-0.1, -0.05) is 30.3 Å². The Morgan fingerprint density at radius 3 is 2.02 bits per heavy atom. The quantitative estimate of drug-likeness (QED) is 0.181. The molecule has 4 N–H and O–H groups in total. The van der Waals surface area contributed by atoms with Crippen molar-refractivity contribution in [3.8, 4) is 0 Å². The number of fused-ring (bicyclic) bond motifs is 8. The number of nitrogens with zero attached hydrogens (tertiary/aromatic N) is 6. The molecule has 6 aliphatic heterocycles. The van der Waals surface area contributed by atoms with E-state index < -0.39 is 0 Å². The molecule has 0 spiro atoms. The second-order valence-corrected chi connectivity index (χ2v) is 19.9. The molecule has 8 aliphatic rings. The summed E-state index contributed by atoms with van der Waals surface area (Å²) in [6.07, 6.45) is 14.6. The Morgan fingerprint density at radius 1 is 0.650 bits per heavy atom. The monoisotopic (exact) mass is 805 g/mol. The number of pyridine rings is 2. The standard InChI is InChI=1S/C50H64N10/c1-57(46-12-3-7-31-9-5-15-51-49(31)46)27-38-22-44-34(24-54-38)17-33(18-48(44)60-30-36-20-40(60)26-56-36)41-13-14-47(50-42(41)10-6-16-52-50)58(2)28-37-21-43-32(23-53-37)8-4-11-45(43)59-29-35-19-39(59)25-55-35/h4-6,8-11,15-18,35-41,46-47,53-56H,3,7,12-14,19-30H2,1-2H3/t35-,36+,37-,38+,39-,40+,41?,46+,47+/m1/s1. The van der Waals surface area contributed by atoms with E-state index in [-0.39, 0.29) is 0 Å². The normalized spacial score (nSPS) is 31.4. The fourth-order valence-electron chi connectivity index (χ4n) is 13.4. The lowest BCUT2D eigenvalue weighted by molar-refractivity contribution is 0.187. The molecule has 12 rings (SSSR count). The summed E-state index contributed by atoms with van der Waals surface area (Å²) in [4.78, 5) is 20.8. The van der Waals surface area contributed by atoms with Crippen LogP contribution in [0.1, 0.15) is 107 Å². The number of hydrogen-bond donors (Lipinski definition) is 4. The van der Waals surface area contributed by atoms with Crippen molar-refractivity contribution in [2.45, 2.75) is 125 Å². The van der Waals surface area contributed by atoms with E-state index in [2.05, 4.69) is 110 Å². The predicted molar refractivity (Wildman–Crippen MR) is 240 cm³/mol. The Hall–Kier alpha value is -3.90. The van der Waals surface area contributed by atoms with Crippen molar-refractivity contribution in [3.05, 3.63) is 117 Å². The van der Waals surface area contributed by atoms with Gasteiger partial charge in [-0.05, 0) is 135 Å². The van der Waals surface area contributed by atoms with Crippen LogP contribution >= 0.6 is 0 Å². The zero-order valence-electron chi connectivity index (χ0n) is 35.8. The largest absolute Gasteiger partial charge is 0.365 e. The van der Waals surface area contributed by atoms with Crippen molar-refractivity contribution in [2.24, 2.45) is 0 Å². The van der Waals surface area contributed by atoms with E-state index in [1.54, 1.807) is 11.1 Å². The molecule has 0 amide bonds. The average molecular weight is 805 g/mol. The van der Waals surface area contributed by atoms with Gasteiger partial charge in [-0.2, -0.15) is 0 Å². The molecule has 10 nitrogen and oxygen atoms in total. The summed E-state index contributed by atoms with van der Waals surface area (Å²) in [5.74, 6) is 0.357. The maximum atomic E-state index is 5.21. The average Bonchev–Trinajstić information content (AvgIpc) is 4.13. The first-order valence-corrected chi connectivity index (χ1v) is 23.5. The third kappa shape index (κ3) is 6.68. The van der Waals surface area contributed by atoms with E-state index in [1.807, 2.05) is 12.4 Å². The SMILES string of the molecule is CN(C[C@@H]1Cc2c(cc(C3CC[C@H](N(C)C[C@H]4Cc5c(cccc5N5C[C@H]6C[C@@H]5CN6)CN4)c4ncccc43)cc2N2C[C@@H]3C[C@H]2CN3)CN1)[C@H]1CCCc2cccnc21. The number of hydrogen-bond acceptors (Lipinski definition) is 10. The second kappa shape index (κ2) is 15.5. The number of aromatic nitrogens is 2. The summed E-state index contributed by atoms with van der Waals surface area (Å²) in [5, 5.41) is 15.5. The van der Waals surface area contributed by atoms with Crippen LogP contribution in [0, 0.1) is 0 Å². The van der Waals surface area contributed by atoms with Crippen LogP contribution in [-0.4, -0.2) is 109 Å². The van der Waals surface area contributed by atoms with Gasteiger partial charge in [-0.25, -0.2) is 0 Å². The van der Waals surface area contributed by atoms with Crippen molar-refractivity contribution in [1.29, 1.82) is 0 Å². The molecule has 4 fully saturated rings. The Morgan fingerprint density at radius 2 is 1.30 bits per heavy atom. The van der Waals surface area contributed by atoms with Gasteiger partial charge in [0.2, 0.25) is 0 Å². The van der Waals surface area contributed by atoms with Crippen LogP contribution in [0.15, 0.2) is 67.0 Å². The fourth-order valence-corrected chi connectivity index (χ4v) is 13.4. The molecular weight excluding hydrogens is 741 g/mol. The Bertz CT molecular complexity index is 2240. The third-order valence-electron chi connectivity index (χ3n) is 16.3. The van der Waals surface area contributed by atoms with E-state index in [4.69, 9.17) is 9.97 Å². The number of nitrogens with one attached hydrogen (secondary N) is 4. The number of aryl methyl sites for hydroxylation is 1. The van der Waals surface area contributed by atoms with Crippen LogP contribution in [0.25, 0.3) is 0 Å². The molecule has 4 aromatic rings. The van der Waals surface area contributed by atoms with Gasteiger partial charge in [0, 0.05) is 118 Å². The van der Waals surface area contributed by atoms with Crippen LogP contribution in [0.4, 0.5) is 11.4 Å². The minimum Gasteiger partial charge on any atom is -0.365 e. The Labute approximate surface area is 356 Å². The minimum absolute atomic E-state index is 0.319. The van der Waals surface area contributed by atoms with Crippen LogP contribution < -0.4 is 31.1 Å². The van der Waals surface area contributed by atoms with Gasteiger partial charge in [-0.15, -0.1) is 0 Å². The molecule has 314 valence electrons. The van der Waals surface area contributed by atoms with E-state index >= 15 is 0 Å². The van der Waals surface area contributed by atoms with Crippen LogP contribution in [0.2, 0.25) is 0 Å². The highest BCUT2D eigenvalue weighted by Gasteiger charge is 2.42. The molecule has 2 aromatic carbocycles. The van der Waals surface area contributed by atoms with Crippen molar-refractivity contribution in [3.63, 3.8) is 0 Å². The molecule has 4 saturated heterocycles. The van der Waals surface area contributed by atoms with Crippen LogP contribution in [0.3, 0.4) is 0 Å². The zero-order valence-corrected chi connectivity index (χ0v) is 35.8. The summed E-state index contributed by atoms with van der Waals surface area (Å²) < 4.78 is 0. The topological polar surface area (TPSA) is 86.9 Å². The summed E-state index contributed by atoms with van der Waals surface area (Å²) in [5.41, 5.74) is 16.1. The second-order valence-electron chi connectivity index (χ2n) is 19.9. The predicted octanol–water partition coefficient (Wildman–Crippen LogP) is 5.21. The van der Waals surface area contributed by atoms with Gasteiger partial charge in [0.15, 0.2) is 0 Å². The maximum absolute atomic E-state index is 5.21. The summed E-state index contributed by atoms with van der Waals surface area (Å²) in [7, 11) is 4.69. The maximum Gasteiger partial charge on any atom is 0.0613 e. The number of likely N-dealkylation sites (N-methyl/N-ethyl adjacent to an activating group) is 2. The Kier molecular flexibility index (Phi) is 9.75. The summed E-state index contributed by atoms with van der Waals surface area (Å²) >= 11 is 0. The molecule has 0 radical (unpaired) electrons. The van der Waals surface area contributed by atoms with Crippen LogP contribution in [0.5, 0.6) is 0 Å². The van der Waals surface area contributed by atoms with Crippen molar-refractivity contribution < 1.29 is 0 Å². The Balaban J connectivity index is 0.789. The first-order chi connectivity index (χ1) is 29.5. The molecule has 10 heteroatoms. The lowest BCUT2D eigenvalue weighted by Crippen LogP contribution is -2.47. The highest BCUT2D eigenvalue weighted by Crippen LogP contribution is 2.46. The minimum atomic E-state index is 0.319. The van der Waals surface area contributed by atoms with Crippen molar-refractivity contribution >= 4 is 11.4 Å². The fraction of sp³-hybridized carbons (Fsp3) is 0.560. The van der Waals surface area contributed by atoms with E-state index in [0.29, 0.717) is 54.3 Å². The number of anilines is 2. The van der Waals surface area contributed by atoms with Gasteiger partial charge in [0.1, 0.15) is 0 Å². The van der Waals surface area contributed by atoms with Gasteiger partial charge < -0.3 is 31.1 Å². The zero-order chi connectivity index (χ0) is 39.9. The van der Waals surface area contributed by atoms with Crippen molar-refractivity contribution in [2.75, 3.05) is 63.2 Å². The molecule has 8 heterocycles. The summed E-state index contributed by atoms with van der Waals surface area (Å²) in [6.45, 7) is 8.44. The number of rotatable bonds is 9. The van der Waals surface area contributed by atoms with Crippen LogP contribution in [-0.2, 0) is 32.4 Å². The molecule has 2 aromatic heterocycles.